The van der Waals surface area contributed by atoms with Crippen molar-refractivity contribution in [3.8, 4) is 0 Å². The highest BCUT2D eigenvalue weighted by Gasteiger charge is 2.18. The van der Waals surface area contributed by atoms with E-state index in [0.29, 0.717) is 21.8 Å². The molecule has 0 bridgehead atoms. The van der Waals surface area contributed by atoms with Gasteiger partial charge in [0.25, 0.3) is 0 Å². The zero-order chi connectivity index (χ0) is 14.5. The van der Waals surface area contributed by atoms with Gasteiger partial charge >= 0.3 is 5.97 Å². The molecule has 1 heterocycles. The summed E-state index contributed by atoms with van der Waals surface area (Å²) in [6, 6.07) is 1.38. The van der Waals surface area contributed by atoms with E-state index in [-0.39, 0.29) is 23.1 Å². The fourth-order valence-corrected chi connectivity index (χ4v) is 4.72. The summed E-state index contributed by atoms with van der Waals surface area (Å²) in [7, 11) is -3.57. The molecule has 9 heteroatoms. The van der Waals surface area contributed by atoms with E-state index in [1.165, 1.54) is 6.07 Å². The predicted octanol–water partition coefficient (Wildman–Crippen LogP) is 2.79. The Morgan fingerprint density at radius 2 is 2.26 bits per heavy atom. The summed E-state index contributed by atoms with van der Waals surface area (Å²) in [5.74, 6) is -0.330. The molecule has 0 aliphatic carbocycles. The van der Waals surface area contributed by atoms with Gasteiger partial charge in [-0.05, 0) is 35.3 Å². The number of carbonyl (C=O) groups excluding carboxylic acids is 1. The van der Waals surface area contributed by atoms with Gasteiger partial charge in [-0.2, -0.15) is 0 Å². The maximum absolute atomic E-state index is 11.9. The first-order chi connectivity index (χ1) is 8.86. The largest absolute Gasteiger partial charge is 0.466 e. The molecule has 1 rings (SSSR count). The van der Waals surface area contributed by atoms with E-state index in [1.807, 2.05) is 0 Å². The predicted molar refractivity (Wildman–Crippen MR) is 78.1 cm³/mol. The molecule has 0 atom stereocenters. The van der Waals surface area contributed by atoms with Crippen molar-refractivity contribution in [3.05, 3.63) is 14.9 Å². The normalized spacial score (nSPS) is 11.5. The summed E-state index contributed by atoms with van der Waals surface area (Å²) >= 11 is 9.98. The number of thiophene rings is 1. The number of esters is 1. The second-order valence-electron chi connectivity index (χ2n) is 3.49. The molecule has 0 aliphatic rings. The van der Waals surface area contributed by atoms with Crippen molar-refractivity contribution in [1.82, 2.24) is 4.72 Å². The minimum atomic E-state index is -3.57. The van der Waals surface area contributed by atoms with Gasteiger partial charge < -0.3 is 4.74 Å². The SMILES string of the molecule is CCOC(=O)CCCNS(=O)(=O)c1cc(Cl)c(Br)s1. The Hall–Kier alpha value is -0.150. The summed E-state index contributed by atoms with van der Waals surface area (Å²) in [5, 5.41) is 0.358. The molecule has 0 unspecified atom stereocenters. The zero-order valence-electron chi connectivity index (χ0n) is 10.1. The minimum Gasteiger partial charge on any atom is -0.466 e. The van der Waals surface area contributed by atoms with Crippen molar-refractivity contribution in [2.45, 2.75) is 24.0 Å². The summed E-state index contributed by atoms with van der Waals surface area (Å²) in [6.07, 6.45) is 0.573. The number of hydrogen-bond donors (Lipinski definition) is 1. The molecule has 0 radical (unpaired) electrons. The lowest BCUT2D eigenvalue weighted by Crippen LogP contribution is -2.24. The van der Waals surface area contributed by atoms with Gasteiger partial charge in [-0.15, -0.1) is 11.3 Å². The Balaban J connectivity index is 2.46. The highest BCUT2D eigenvalue weighted by Crippen LogP contribution is 2.34. The number of sulfonamides is 1. The van der Waals surface area contributed by atoms with Crippen LogP contribution in [0.1, 0.15) is 19.8 Å². The topological polar surface area (TPSA) is 72.5 Å². The van der Waals surface area contributed by atoms with Crippen LogP contribution in [0.25, 0.3) is 0 Å². The van der Waals surface area contributed by atoms with Crippen LogP contribution < -0.4 is 4.72 Å². The van der Waals surface area contributed by atoms with Gasteiger partial charge in [0.2, 0.25) is 10.0 Å². The van der Waals surface area contributed by atoms with Gasteiger partial charge in [0, 0.05) is 13.0 Å². The molecule has 19 heavy (non-hydrogen) atoms. The van der Waals surface area contributed by atoms with Gasteiger partial charge in [-0.25, -0.2) is 13.1 Å². The number of nitrogens with one attached hydrogen (secondary N) is 1. The van der Waals surface area contributed by atoms with Crippen LogP contribution in [0.4, 0.5) is 0 Å². The molecule has 0 fully saturated rings. The fraction of sp³-hybridized carbons (Fsp3) is 0.500. The van der Waals surface area contributed by atoms with Crippen molar-refractivity contribution in [1.29, 1.82) is 0 Å². The second kappa shape index (κ2) is 7.58. The first-order valence-corrected chi connectivity index (χ1v) is 8.94. The Bertz CT molecular complexity index is 524. The smallest absolute Gasteiger partial charge is 0.305 e. The zero-order valence-corrected chi connectivity index (χ0v) is 14.1. The van der Waals surface area contributed by atoms with Gasteiger partial charge in [-0.3, -0.25) is 4.79 Å². The molecule has 1 aromatic heterocycles. The number of rotatable bonds is 7. The van der Waals surface area contributed by atoms with Crippen LogP contribution in [0, 0.1) is 0 Å². The lowest BCUT2D eigenvalue weighted by molar-refractivity contribution is -0.143. The third kappa shape index (κ3) is 5.39. The van der Waals surface area contributed by atoms with Crippen molar-refractivity contribution >= 4 is 54.9 Å². The lowest BCUT2D eigenvalue weighted by atomic mass is 10.3. The summed E-state index contributed by atoms with van der Waals surface area (Å²) < 4.78 is 31.6. The third-order valence-electron chi connectivity index (χ3n) is 2.04. The Labute approximate surface area is 129 Å². The Morgan fingerprint density at radius 1 is 1.58 bits per heavy atom. The van der Waals surface area contributed by atoms with E-state index >= 15 is 0 Å². The van der Waals surface area contributed by atoms with Crippen LogP contribution >= 0.6 is 38.9 Å². The summed E-state index contributed by atoms with van der Waals surface area (Å²) in [4.78, 5) is 11.1. The highest BCUT2D eigenvalue weighted by molar-refractivity contribution is 9.11. The standard InChI is InChI=1S/C10H13BrClNO4S2/c1-2-17-8(14)4-3-5-13-19(15,16)9-6-7(12)10(11)18-9/h6,13H,2-5H2,1H3. The number of halogens is 2. The van der Waals surface area contributed by atoms with Gasteiger partial charge in [0.1, 0.15) is 4.21 Å². The van der Waals surface area contributed by atoms with Crippen molar-refractivity contribution in [3.63, 3.8) is 0 Å². The van der Waals surface area contributed by atoms with E-state index < -0.39 is 10.0 Å². The van der Waals surface area contributed by atoms with E-state index in [2.05, 4.69) is 20.7 Å². The van der Waals surface area contributed by atoms with Crippen LogP contribution in [0.3, 0.4) is 0 Å². The second-order valence-corrected chi connectivity index (χ2v) is 8.26. The number of ether oxygens (including phenoxy) is 1. The van der Waals surface area contributed by atoms with Crippen LogP contribution in [-0.2, 0) is 19.6 Å². The molecule has 0 amide bonds. The maximum Gasteiger partial charge on any atom is 0.305 e. The fourth-order valence-electron chi connectivity index (χ4n) is 1.20. The average molecular weight is 391 g/mol. The number of carbonyl (C=O) groups is 1. The molecule has 5 nitrogen and oxygen atoms in total. The monoisotopic (exact) mass is 389 g/mol. The molecule has 0 saturated heterocycles. The van der Waals surface area contributed by atoms with Crippen LogP contribution in [0.2, 0.25) is 5.02 Å². The van der Waals surface area contributed by atoms with E-state index in [1.54, 1.807) is 6.92 Å². The molecular weight excluding hydrogens is 378 g/mol. The summed E-state index contributed by atoms with van der Waals surface area (Å²) in [5.41, 5.74) is 0. The van der Waals surface area contributed by atoms with Crippen LogP contribution in [-0.4, -0.2) is 27.5 Å². The lowest BCUT2D eigenvalue weighted by Gasteiger charge is -2.04. The molecule has 0 aliphatic heterocycles. The van der Waals surface area contributed by atoms with Crippen LogP contribution in [0.15, 0.2) is 14.1 Å². The Morgan fingerprint density at radius 3 is 2.79 bits per heavy atom. The molecule has 1 aromatic rings. The van der Waals surface area contributed by atoms with Crippen molar-refractivity contribution in [2.24, 2.45) is 0 Å². The van der Waals surface area contributed by atoms with E-state index in [9.17, 15) is 13.2 Å². The molecule has 108 valence electrons. The first kappa shape index (κ1) is 16.9. The first-order valence-electron chi connectivity index (χ1n) is 5.47. The molecule has 0 aromatic carbocycles. The molecular formula is C10H13BrClNO4S2. The Kier molecular flexibility index (Phi) is 6.75. The average Bonchev–Trinajstić information content (AvgIpc) is 2.67. The van der Waals surface area contributed by atoms with Crippen molar-refractivity contribution < 1.29 is 17.9 Å². The van der Waals surface area contributed by atoms with Gasteiger partial charge in [0.15, 0.2) is 0 Å². The van der Waals surface area contributed by atoms with E-state index in [0.717, 1.165) is 11.3 Å². The van der Waals surface area contributed by atoms with Crippen molar-refractivity contribution in [2.75, 3.05) is 13.2 Å². The van der Waals surface area contributed by atoms with Crippen LogP contribution in [0.5, 0.6) is 0 Å². The molecule has 0 saturated carbocycles. The highest BCUT2D eigenvalue weighted by atomic mass is 79.9. The number of hydrogen-bond acceptors (Lipinski definition) is 5. The van der Waals surface area contributed by atoms with Gasteiger partial charge in [0.05, 0.1) is 15.4 Å². The minimum absolute atomic E-state index is 0.139. The molecule has 0 spiro atoms. The third-order valence-corrected chi connectivity index (χ3v) is 6.45. The summed E-state index contributed by atoms with van der Waals surface area (Å²) in [6.45, 7) is 2.22. The van der Waals surface area contributed by atoms with E-state index in [4.69, 9.17) is 16.3 Å². The molecule has 1 N–H and O–H groups in total. The van der Waals surface area contributed by atoms with Gasteiger partial charge in [-0.1, -0.05) is 11.6 Å². The maximum atomic E-state index is 11.9. The quantitative estimate of drug-likeness (QED) is 0.574.